The number of ether oxygens (including phenoxy) is 1. The molecule has 0 saturated heterocycles. The number of nitrogens with zero attached hydrogens (tertiary/aromatic N) is 2. The van der Waals surface area contributed by atoms with Gasteiger partial charge in [0.15, 0.2) is 0 Å². The first kappa shape index (κ1) is 11.6. The molecule has 0 atom stereocenters. The van der Waals surface area contributed by atoms with Crippen molar-refractivity contribution in [3.8, 4) is 5.81 Å². The Hall–Kier alpha value is -1.88. The fourth-order valence-electron chi connectivity index (χ4n) is 1.22. The summed E-state index contributed by atoms with van der Waals surface area (Å²) in [6, 6.07) is 0. The average molecular weight is 253 g/mol. The van der Waals surface area contributed by atoms with Gasteiger partial charge < -0.3 is 0 Å². The molecule has 2 aromatic rings. The van der Waals surface area contributed by atoms with Crippen molar-refractivity contribution in [1.29, 1.82) is 0 Å². The van der Waals surface area contributed by atoms with Crippen LogP contribution in [0.1, 0.15) is 0 Å². The molecule has 0 amide bonds. The Morgan fingerprint density at radius 1 is 1.59 bits per heavy atom. The van der Waals surface area contributed by atoms with E-state index in [0.717, 1.165) is 0 Å². The van der Waals surface area contributed by atoms with E-state index in [1.54, 1.807) is 0 Å². The number of anilines is 1. The minimum atomic E-state index is -0.299. The zero-order valence-corrected chi connectivity index (χ0v) is 9.45. The zero-order valence-electron chi connectivity index (χ0n) is 8.56. The third kappa shape index (κ3) is 2.82. The molecule has 2 rings (SSSR count). The molecule has 9 heteroatoms. The number of imidazole rings is 1. The van der Waals surface area contributed by atoms with Crippen LogP contribution in [0.25, 0.3) is 11.2 Å². The van der Waals surface area contributed by atoms with Crippen LogP contribution in [0, 0.1) is 5.81 Å². The SMILES string of the molecule is O=P#COCCNc1nc2nc[nH]c2c(=O)[nH]1. The molecule has 88 valence electrons. The van der Waals surface area contributed by atoms with E-state index >= 15 is 0 Å². The summed E-state index contributed by atoms with van der Waals surface area (Å²) in [6.07, 6.45) is 1.40. The van der Waals surface area contributed by atoms with Crippen LogP contribution in [0.2, 0.25) is 0 Å². The second-order valence-corrected chi connectivity index (χ2v) is 3.34. The molecular weight excluding hydrogens is 245 g/mol. The standard InChI is InChI=1S/C8H8N5O3P/c14-7-5-6(11-3-10-5)12-8(13-7)9-1-2-16-4-17-15/h3H,1-2H2,(H3,9,10,11,12,13,14). The summed E-state index contributed by atoms with van der Waals surface area (Å²) in [4.78, 5) is 24.7. The molecule has 0 aliphatic rings. The van der Waals surface area contributed by atoms with E-state index in [0.29, 0.717) is 23.7 Å². The molecule has 0 aromatic carbocycles. The fraction of sp³-hybridized carbons (Fsp3) is 0.250. The second-order valence-electron chi connectivity index (χ2n) is 2.97. The summed E-state index contributed by atoms with van der Waals surface area (Å²) in [5, 5.41) is 2.84. The van der Waals surface area contributed by atoms with Gasteiger partial charge in [-0.1, -0.05) is 0 Å². The number of H-pyrrole nitrogens is 2. The Labute approximate surface area is 95.9 Å². The van der Waals surface area contributed by atoms with Gasteiger partial charge in [-0.2, -0.15) is 0 Å². The number of aromatic nitrogens is 4. The molecule has 3 N–H and O–H groups in total. The third-order valence-corrected chi connectivity index (χ3v) is 2.10. The molecule has 0 spiro atoms. The van der Waals surface area contributed by atoms with Crippen molar-refractivity contribution >= 4 is 25.0 Å². The first-order valence-electron chi connectivity index (χ1n) is 4.67. The molecule has 8 nitrogen and oxygen atoms in total. The number of aromatic amines is 2. The molecule has 0 saturated carbocycles. The van der Waals surface area contributed by atoms with E-state index < -0.39 is 0 Å². The molecule has 0 aliphatic heterocycles. The summed E-state index contributed by atoms with van der Waals surface area (Å²) < 4.78 is 14.7. The first-order chi connectivity index (χ1) is 8.31. The minimum absolute atomic E-state index is 0.261. The van der Waals surface area contributed by atoms with E-state index in [1.807, 2.05) is 0 Å². The molecule has 0 bridgehead atoms. The van der Waals surface area contributed by atoms with E-state index in [9.17, 15) is 9.36 Å². The van der Waals surface area contributed by atoms with Crippen molar-refractivity contribution in [3.63, 3.8) is 0 Å². The van der Waals surface area contributed by atoms with Gasteiger partial charge in [-0.05, 0) is 0 Å². The molecular formula is C8H8N5O3P. The fourth-order valence-corrected chi connectivity index (χ4v) is 1.36. The monoisotopic (exact) mass is 253 g/mol. The number of hydrogen-bond donors (Lipinski definition) is 3. The van der Waals surface area contributed by atoms with Gasteiger partial charge in [0.05, 0.1) is 0 Å². The van der Waals surface area contributed by atoms with Gasteiger partial charge in [-0.25, -0.2) is 0 Å². The van der Waals surface area contributed by atoms with E-state index in [2.05, 4.69) is 31.1 Å². The Morgan fingerprint density at radius 2 is 2.47 bits per heavy atom. The van der Waals surface area contributed by atoms with Crippen LogP contribution in [0.4, 0.5) is 5.95 Å². The molecule has 2 aromatic heterocycles. The second kappa shape index (κ2) is 5.45. The normalized spacial score (nSPS) is 10.1. The third-order valence-electron chi connectivity index (χ3n) is 1.89. The van der Waals surface area contributed by atoms with Crippen molar-refractivity contribution in [3.05, 3.63) is 16.7 Å². The van der Waals surface area contributed by atoms with Gasteiger partial charge in [-0.3, -0.25) is 0 Å². The zero-order chi connectivity index (χ0) is 12.1. The Morgan fingerprint density at radius 3 is 3.29 bits per heavy atom. The van der Waals surface area contributed by atoms with Gasteiger partial charge in [-0.15, -0.1) is 0 Å². The van der Waals surface area contributed by atoms with Crippen molar-refractivity contribution in [2.24, 2.45) is 0 Å². The summed E-state index contributed by atoms with van der Waals surface area (Å²) >= 11 is 0. The summed E-state index contributed by atoms with van der Waals surface area (Å²) in [6.45, 7) is 0.652. The van der Waals surface area contributed by atoms with Crippen LogP contribution < -0.4 is 10.9 Å². The molecule has 0 unspecified atom stereocenters. The van der Waals surface area contributed by atoms with E-state index in [4.69, 9.17) is 4.74 Å². The Bertz CT molecular complexity index is 673. The van der Waals surface area contributed by atoms with Gasteiger partial charge in [0.1, 0.15) is 0 Å². The van der Waals surface area contributed by atoms with Crippen molar-refractivity contribution < 1.29 is 9.30 Å². The Kier molecular flexibility index (Phi) is 3.72. The summed E-state index contributed by atoms with van der Waals surface area (Å²) in [5.74, 6) is 2.44. The number of nitrogens with one attached hydrogen (secondary N) is 3. The molecule has 0 fully saturated rings. The van der Waals surface area contributed by atoms with Gasteiger partial charge in [0.2, 0.25) is 0 Å². The number of hydrogen-bond acceptors (Lipinski definition) is 6. The molecule has 2 heterocycles. The maximum absolute atomic E-state index is 11.5. The van der Waals surface area contributed by atoms with Gasteiger partial charge >= 0.3 is 95.2 Å². The number of fused-ring (bicyclic) bond motifs is 1. The van der Waals surface area contributed by atoms with Crippen LogP contribution in [-0.2, 0) is 9.30 Å². The first-order valence-corrected chi connectivity index (χ1v) is 5.49. The van der Waals surface area contributed by atoms with Crippen molar-refractivity contribution in [2.45, 2.75) is 0 Å². The van der Waals surface area contributed by atoms with Crippen LogP contribution in [-0.4, -0.2) is 33.1 Å². The van der Waals surface area contributed by atoms with Gasteiger partial charge in [0.25, 0.3) is 0 Å². The van der Waals surface area contributed by atoms with Crippen molar-refractivity contribution in [2.75, 3.05) is 18.5 Å². The van der Waals surface area contributed by atoms with Crippen molar-refractivity contribution in [1.82, 2.24) is 19.9 Å². The topological polar surface area (TPSA) is 113 Å². The van der Waals surface area contributed by atoms with E-state index in [1.165, 1.54) is 6.33 Å². The van der Waals surface area contributed by atoms with E-state index in [-0.39, 0.29) is 20.1 Å². The predicted molar refractivity (Wildman–Crippen MR) is 60.4 cm³/mol. The Balaban J connectivity index is 2.05. The number of rotatable bonds is 4. The molecule has 0 radical (unpaired) electrons. The van der Waals surface area contributed by atoms with Crippen LogP contribution in [0.3, 0.4) is 0 Å². The molecule has 0 aliphatic carbocycles. The average Bonchev–Trinajstić information content (AvgIpc) is 2.77. The quantitative estimate of drug-likeness (QED) is 0.533. The van der Waals surface area contributed by atoms with Crippen LogP contribution >= 0.6 is 7.92 Å². The predicted octanol–water partition coefficient (Wildman–Crippen LogP) is 0.283. The summed E-state index contributed by atoms with van der Waals surface area (Å²) in [7, 11) is -0.299. The van der Waals surface area contributed by atoms with Crippen LogP contribution in [0.5, 0.6) is 0 Å². The van der Waals surface area contributed by atoms with Crippen LogP contribution in [0.15, 0.2) is 11.1 Å². The molecule has 17 heavy (non-hydrogen) atoms. The van der Waals surface area contributed by atoms with Gasteiger partial charge in [0, 0.05) is 0 Å². The maximum atomic E-state index is 11.5. The summed E-state index contributed by atoms with van der Waals surface area (Å²) in [5.41, 5.74) is 0.374.